The molecule has 0 aromatic heterocycles. The SMILES string of the molecule is NCc1cc(Cl)cc(Cl)c1OCC1Cc2ccccc2S1. The van der Waals surface area contributed by atoms with Gasteiger partial charge in [-0.25, -0.2) is 0 Å². The van der Waals surface area contributed by atoms with Crippen LogP contribution in [0.3, 0.4) is 0 Å². The minimum atomic E-state index is 0.355. The predicted octanol–water partition coefficient (Wildman–Crippen LogP) is 4.55. The van der Waals surface area contributed by atoms with E-state index >= 15 is 0 Å². The average Bonchev–Trinajstić information content (AvgIpc) is 2.88. The molecule has 0 saturated heterocycles. The zero-order valence-corrected chi connectivity index (χ0v) is 13.6. The van der Waals surface area contributed by atoms with Crippen LogP contribution in [-0.2, 0) is 13.0 Å². The van der Waals surface area contributed by atoms with Crippen LogP contribution < -0.4 is 10.5 Å². The Hall–Kier alpha value is -0.870. The Bertz CT molecular complexity index is 638. The Morgan fingerprint density at radius 2 is 2.05 bits per heavy atom. The largest absolute Gasteiger partial charge is 0.491 e. The summed E-state index contributed by atoms with van der Waals surface area (Å²) < 4.78 is 5.94. The fourth-order valence-electron chi connectivity index (χ4n) is 2.45. The van der Waals surface area contributed by atoms with Crippen molar-refractivity contribution < 1.29 is 4.74 Å². The van der Waals surface area contributed by atoms with Crippen LogP contribution >= 0.6 is 35.0 Å². The summed E-state index contributed by atoms with van der Waals surface area (Å²) in [7, 11) is 0. The van der Waals surface area contributed by atoms with Gasteiger partial charge in [-0.05, 0) is 30.2 Å². The Balaban J connectivity index is 1.70. The normalized spacial score (nSPS) is 16.8. The summed E-state index contributed by atoms with van der Waals surface area (Å²) in [5.41, 5.74) is 7.97. The maximum atomic E-state index is 6.22. The molecule has 1 atom stereocenters. The van der Waals surface area contributed by atoms with Gasteiger partial charge in [0.25, 0.3) is 0 Å². The van der Waals surface area contributed by atoms with E-state index in [-0.39, 0.29) is 0 Å². The van der Waals surface area contributed by atoms with Gasteiger partial charge in [-0.2, -0.15) is 0 Å². The number of thioether (sulfide) groups is 1. The molecule has 2 aromatic carbocycles. The van der Waals surface area contributed by atoms with E-state index in [0.717, 1.165) is 12.0 Å². The van der Waals surface area contributed by atoms with Crippen LogP contribution in [0.2, 0.25) is 10.0 Å². The van der Waals surface area contributed by atoms with Crippen molar-refractivity contribution in [1.29, 1.82) is 0 Å². The van der Waals surface area contributed by atoms with Gasteiger partial charge in [-0.15, -0.1) is 11.8 Å². The van der Waals surface area contributed by atoms with Crippen molar-refractivity contribution in [3.8, 4) is 5.75 Å². The summed E-state index contributed by atoms with van der Waals surface area (Å²) in [5.74, 6) is 0.653. The fraction of sp³-hybridized carbons (Fsp3) is 0.250. The van der Waals surface area contributed by atoms with Crippen LogP contribution in [0.1, 0.15) is 11.1 Å². The molecule has 3 rings (SSSR count). The standard InChI is InChI=1S/C16H15Cl2NOS/c17-12-5-11(8-19)16(14(18)7-12)20-9-13-6-10-3-1-2-4-15(10)21-13/h1-5,7,13H,6,8-9,19H2. The molecule has 21 heavy (non-hydrogen) atoms. The van der Waals surface area contributed by atoms with Crippen LogP contribution in [0.15, 0.2) is 41.3 Å². The Morgan fingerprint density at radius 1 is 1.24 bits per heavy atom. The lowest BCUT2D eigenvalue weighted by molar-refractivity contribution is 0.314. The van der Waals surface area contributed by atoms with E-state index in [1.165, 1.54) is 10.5 Å². The molecular formula is C16H15Cl2NOS. The summed E-state index contributed by atoms with van der Waals surface area (Å²) in [6.07, 6.45) is 1.02. The molecule has 0 amide bonds. The van der Waals surface area contributed by atoms with Crippen molar-refractivity contribution in [3.63, 3.8) is 0 Å². The average molecular weight is 340 g/mol. The first-order chi connectivity index (χ1) is 10.2. The van der Waals surface area contributed by atoms with Gasteiger partial charge >= 0.3 is 0 Å². The number of ether oxygens (including phenoxy) is 1. The maximum Gasteiger partial charge on any atom is 0.142 e. The van der Waals surface area contributed by atoms with E-state index < -0.39 is 0 Å². The van der Waals surface area contributed by atoms with Crippen LogP contribution in [0, 0.1) is 0 Å². The summed E-state index contributed by atoms with van der Waals surface area (Å²) in [6.45, 7) is 0.960. The van der Waals surface area contributed by atoms with Crippen LogP contribution in [0.4, 0.5) is 0 Å². The quantitative estimate of drug-likeness (QED) is 0.887. The van der Waals surface area contributed by atoms with E-state index in [1.807, 2.05) is 11.8 Å². The summed E-state index contributed by atoms with van der Waals surface area (Å²) in [5, 5.41) is 1.50. The van der Waals surface area contributed by atoms with E-state index in [2.05, 4.69) is 24.3 Å². The second-order valence-electron chi connectivity index (χ2n) is 4.94. The zero-order valence-electron chi connectivity index (χ0n) is 11.3. The zero-order chi connectivity index (χ0) is 14.8. The molecule has 1 aliphatic heterocycles. The van der Waals surface area contributed by atoms with Gasteiger partial charge in [0.1, 0.15) is 12.4 Å². The Kier molecular flexibility index (Phi) is 4.65. The first kappa shape index (κ1) is 15.0. The highest BCUT2D eigenvalue weighted by Gasteiger charge is 2.23. The van der Waals surface area contributed by atoms with Crippen molar-refractivity contribution >= 4 is 35.0 Å². The first-order valence-corrected chi connectivity index (χ1v) is 8.36. The lowest BCUT2D eigenvalue weighted by Crippen LogP contribution is -2.15. The molecule has 1 unspecified atom stereocenters. The van der Waals surface area contributed by atoms with Crippen molar-refractivity contribution in [2.45, 2.75) is 23.1 Å². The Morgan fingerprint density at radius 3 is 2.81 bits per heavy atom. The van der Waals surface area contributed by atoms with E-state index in [9.17, 15) is 0 Å². The number of rotatable bonds is 4. The number of benzene rings is 2. The molecule has 2 N–H and O–H groups in total. The summed E-state index contributed by atoms with van der Waals surface area (Å²) in [4.78, 5) is 1.34. The molecule has 0 spiro atoms. The third-order valence-corrected chi connectivity index (χ3v) is 5.22. The molecule has 0 aliphatic carbocycles. The number of nitrogens with two attached hydrogens (primary N) is 1. The highest BCUT2D eigenvalue weighted by molar-refractivity contribution is 8.00. The van der Waals surface area contributed by atoms with Gasteiger partial charge in [0.05, 0.1) is 5.02 Å². The number of halogens is 2. The molecule has 0 radical (unpaired) electrons. The molecule has 1 aliphatic rings. The van der Waals surface area contributed by atoms with E-state index in [4.69, 9.17) is 33.7 Å². The lowest BCUT2D eigenvalue weighted by atomic mass is 10.1. The third-order valence-electron chi connectivity index (χ3n) is 3.43. The van der Waals surface area contributed by atoms with Crippen LogP contribution in [0.5, 0.6) is 5.75 Å². The van der Waals surface area contributed by atoms with Gasteiger partial charge in [0.2, 0.25) is 0 Å². The van der Waals surface area contributed by atoms with E-state index in [0.29, 0.717) is 34.2 Å². The molecule has 0 saturated carbocycles. The van der Waals surface area contributed by atoms with E-state index in [1.54, 1.807) is 12.1 Å². The highest BCUT2D eigenvalue weighted by Crippen LogP contribution is 2.38. The van der Waals surface area contributed by atoms with Crippen LogP contribution in [0.25, 0.3) is 0 Å². The third kappa shape index (κ3) is 3.32. The van der Waals surface area contributed by atoms with Crippen molar-refractivity contribution in [3.05, 3.63) is 57.6 Å². The van der Waals surface area contributed by atoms with Gasteiger partial charge in [0, 0.05) is 27.3 Å². The van der Waals surface area contributed by atoms with Gasteiger partial charge in [-0.1, -0.05) is 41.4 Å². The maximum absolute atomic E-state index is 6.22. The first-order valence-electron chi connectivity index (χ1n) is 6.72. The second-order valence-corrected chi connectivity index (χ2v) is 7.13. The topological polar surface area (TPSA) is 35.2 Å². The minimum absolute atomic E-state index is 0.355. The fourth-order valence-corrected chi connectivity index (χ4v) is 4.26. The van der Waals surface area contributed by atoms with Gasteiger partial charge < -0.3 is 10.5 Å². The van der Waals surface area contributed by atoms with Crippen molar-refractivity contribution in [2.24, 2.45) is 5.73 Å². The Labute approximate surface area is 138 Å². The molecule has 110 valence electrons. The van der Waals surface area contributed by atoms with Crippen LogP contribution in [-0.4, -0.2) is 11.9 Å². The molecule has 0 fully saturated rings. The van der Waals surface area contributed by atoms with Crippen molar-refractivity contribution in [2.75, 3.05) is 6.61 Å². The minimum Gasteiger partial charge on any atom is -0.491 e. The number of hydrogen-bond acceptors (Lipinski definition) is 3. The van der Waals surface area contributed by atoms with Gasteiger partial charge in [-0.3, -0.25) is 0 Å². The molecule has 2 aromatic rings. The van der Waals surface area contributed by atoms with Gasteiger partial charge in [0.15, 0.2) is 0 Å². The van der Waals surface area contributed by atoms with Crippen molar-refractivity contribution in [1.82, 2.24) is 0 Å². The smallest absolute Gasteiger partial charge is 0.142 e. The predicted molar refractivity (Wildman–Crippen MR) is 89.6 cm³/mol. The highest BCUT2D eigenvalue weighted by atomic mass is 35.5. The number of hydrogen-bond donors (Lipinski definition) is 1. The monoisotopic (exact) mass is 339 g/mol. The molecule has 1 heterocycles. The lowest BCUT2D eigenvalue weighted by Gasteiger charge is -2.15. The summed E-state index contributed by atoms with van der Waals surface area (Å²) >= 11 is 14.1. The molecule has 2 nitrogen and oxygen atoms in total. The summed E-state index contributed by atoms with van der Waals surface area (Å²) in [6, 6.07) is 12.0. The number of fused-ring (bicyclic) bond motifs is 1. The second kappa shape index (κ2) is 6.49. The molecular weight excluding hydrogens is 325 g/mol. The molecule has 5 heteroatoms. The molecule has 0 bridgehead atoms.